The van der Waals surface area contributed by atoms with Crippen molar-refractivity contribution in [2.45, 2.75) is 31.3 Å². The number of nitrogens with one attached hydrogen (secondary N) is 1. The molecule has 0 aromatic rings. The smallest absolute Gasteiger partial charge is 0.308 e. The lowest BCUT2D eigenvalue weighted by atomic mass is 9.89. The normalized spacial score (nSPS) is 30.6. The summed E-state index contributed by atoms with van der Waals surface area (Å²) in [5, 5.41) is 12.1. The summed E-state index contributed by atoms with van der Waals surface area (Å²) in [5.74, 6) is -1.12. The van der Waals surface area contributed by atoms with E-state index in [9.17, 15) is 9.59 Å². The molecule has 5 heteroatoms. The number of carboxylic acid groups (broad SMARTS) is 1. The number of nitrogens with zero attached hydrogens (tertiary/aromatic N) is 1. The van der Waals surface area contributed by atoms with Crippen LogP contribution in [0.4, 0.5) is 0 Å². The Hall–Kier alpha value is -1.36. The average molecular weight is 238 g/mol. The van der Waals surface area contributed by atoms with Gasteiger partial charge in [0.15, 0.2) is 0 Å². The van der Waals surface area contributed by atoms with E-state index < -0.39 is 5.97 Å². The van der Waals surface area contributed by atoms with Crippen molar-refractivity contribution >= 4 is 11.9 Å². The van der Waals surface area contributed by atoms with E-state index in [0.29, 0.717) is 13.0 Å². The maximum absolute atomic E-state index is 12.0. The van der Waals surface area contributed by atoms with E-state index in [1.807, 2.05) is 0 Å². The fourth-order valence-corrected chi connectivity index (χ4v) is 3.02. The highest BCUT2D eigenvalue weighted by Gasteiger charge is 2.50. The summed E-state index contributed by atoms with van der Waals surface area (Å²) in [7, 11) is 0. The summed E-state index contributed by atoms with van der Waals surface area (Å²) in [6.45, 7) is 4.43. The van der Waals surface area contributed by atoms with Gasteiger partial charge in [0.2, 0.25) is 5.91 Å². The number of aliphatic carboxylic acids is 1. The van der Waals surface area contributed by atoms with E-state index in [-0.39, 0.29) is 30.5 Å². The van der Waals surface area contributed by atoms with Gasteiger partial charge in [0.05, 0.1) is 12.5 Å². The number of fused-ring (bicyclic) bond motifs is 2. The van der Waals surface area contributed by atoms with E-state index in [1.54, 1.807) is 11.0 Å². The molecule has 0 radical (unpaired) electrons. The van der Waals surface area contributed by atoms with Crippen LogP contribution in [0.1, 0.15) is 19.3 Å². The minimum atomic E-state index is -0.769. The van der Waals surface area contributed by atoms with Crippen LogP contribution in [-0.4, -0.2) is 47.1 Å². The first-order valence-corrected chi connectivity index (χ1v) is 6.00. The Morgan fingerprint density at radius 2 is 2.24 bits per heavy atom. The lowest BCUT2D eigenvalue weighted by molar-refractivity contribution is -0.143. The van der Waals surface area contributed by atoms with Crippen LogP contribution in [0.2, 0.25) is 0 Å². The molecule has 0 aliphatic carbocycles. The molecule has 2 fully saturated rings. The van der Waals surface area contributed by atoms with Gasteiger partial charge in [-0.3, -0.25) is 9.59 Å². The number of carboxylic acids is 1. The van der Waals surface area contributed by atoms with Gasteiger partial charge in [0.25, 0.3) is 0 Å². The summed E-state index contributed by atoms with van der Waals surface area (Å²) < 4.78 is 0. The maximum atomic E-state index is 12.0. The van der Waals surface area contributed by atoms with E-state index in [2.05, 4.69) is 11.9 Å². The first kappa shape index (κ1) is 12.1. The lowest BCUT2D eigenvalue weighted by Crippen LogP contribution is -2.42. The number of amides is 1. The molecule has 1 amide bonds. The number of rotatable bonds is 5. The molecule has 0 aromatic carbocycles. The number of hydrogen-bond acceptors (Lipinski definition) is 3. The highest BCUT2D eigenvalue weighted by atomic mass is 16.4. The maximum Gasteiger partial charge on any atom is 0.308 e. The topological polar surface area (TPSA) is 69.6 Å². The van der Waals surface area contributed by atoms with Crippen molar-refractivity contribution < 1.29 is 14.7 Å². The monoisotopic (exact) mass is 238 g/mol. The van der Waals surface area contributed by atoms with Gasteiger partial charge in [-0.1, -0.05) is 6.08 Å². The van der Waals surface area contributed by atoms with Crippen LogP contribution in [0, 0.1) is 5.92 Å². The van der Waals surface area contributed by atoms with Gasteiger partial charge in [-0.15, -0.1) is 6.58 Å². The molecule has 17 heavy (non-hydrogen) atoms. The van der Waals surface area contributed by atoms with E-state index >= 15 is 0 Å². The third-order valence-electron chi connectivity index (χ3n) is 3.71. The van der Waals surface area contributed by atoms with Gasteiger partial charge in [-0.25, -0.2) is 0 Å². The molecule has 3 atom stereocenters. The molecular formula is C12H18N2O3. The second-order valence-electron chi connectivity index (χ2n) is 4.70. The highest BCUT2D eigenvalue weighted by molar-refractivity contribution is 5.82. The third kappa shape index (κ3) is 2.20. The molecule has 0 aromatic heterocycles. The van der Waals surface area contributed by atoms with Crippen LogP contribution in [0.15, 0.2) is 12.7 Å². The number of carbonyl (C=O) groups excluding carboxylic acids is 1. The van der Waals surface area contributed by atoms with Crippen LogP contribution < -0.4 is 5.32 Å². The molecule has 2 N–H and O–H groups in total. The molecular weight excluding hydrogens is 220 g/mol. The highest BCUT2D eigenvalue weighted by Crippen LogP contribution is 2.41. The SMILES string of the molecule is C=CCNCC(=O)N1C2CCC1C(C(=O)O)C2. The summed E-state index contributed by atoms with van der Waals surface area (Å²) in [5.41, 5.74) is 0. The Balaban J connectivity index is 1.96. The molecule has 5 nitrogen and oxygen atoms in total. The molecule has 2 aliphatic rings. The van der Waals surface area contributed by atoms with Gasteiger partial charge < -0.3 is 15.3 Å². The molecule has 94 valence electrons. The molecule has 2 saturated heterocycles. The fourth-order valence-electron chi connectivity index (χ4n) is 3.02. The molecule has 0 spiro atoms. The second-order valence-corrected chi connectivity index (χ2v) is 4.70. The summed E-state index contributed by atoms with van der Waals surface area (Å²) in [6.07, 6.45) is 4.09. The van der Waals surface area contributed by atoms with E-state index in [4.69, 9.17) is 5.11 Å². The van der Waals surface area contributed by atoms with E-state index in [1.165, 1.54) is 0 Å². The van der Waals surface area contributed by atoms with Crippen LogP contribution >= 0.6 is 0 Å². The van der Waals surface area contributed by atoms with E-state index in [0.717, 1.165) is 12.8 Å². The van der Waals surface area contributed by atoms with Crippen molar-refractivity contribution in [3.63, 3.8) is 0 Å². The lowest BCUT2D eigenvalue weighted by Gasteiger charge is -2.23. The van der Waals surface area contributed by atoms with Gasteiger partial charge in [0, 0.05) is 18.6 Å². The molecule has 2 heterocycles. The average Bonchev–Trinajstić information content (AvgIpc) is 2.86. The molecule has 2 bridgehead atoms. The Labute approximate surface area is 100 Å². The quantitative estimate of drug-likeness (QED) is 0.531. The van der Waals surface area contributed by atoms with Crippen molar-refractivity contribution in [1.29, 1.82) is 0 Å². The third-order valence-corrected chi connectivity index (χ3v) is 3.71. The number of hydrogen-bond donors (Lipinski definition) is 2. The number of carbonyl (C=O) groups is 2. The first-order valence-electron chi connectivity index (χ1n) is 6.00. The zero-order chi connectivity index (χ0) is 12.4. The van der Waals surface area contributed by atoms with Crippen molar-refractivity contribution in [3.05, 3.63) is 12.7 Å². The van der Waals surface area contributed by atoms with Crippen LogP contribution in [0.3, 0.4) is 0 Å². The predicted octanol–water partition coefficient (Wildman–Crippen LogP) is 0.226. The minimum Gasteiger partial charge on any atom is -0.481 e. The Bertz CT molecular complexity index is 343. The van der Waals surface area contributed by atoms with Crippen LogP contribution in [0.25, 0.3) is 0 Å². The zero-order valence-electron chi connectivity index (χ0n) is 9.76. The van der Waals surface area contributed by atoms with Crippen LogP contribution in [-0.2, 0) is 9.59 Å². The summed E-state index contributed by atoms with van der Waals surface area (Å²) in [6, 6.07) is 0.0506. The minimum absolute atomic E-state index is 0.0168. The predicted molar refractivity (Wildman–Crippen MR) is 62.5 cm³/mol. The zero-order valence-corrected chi connectivity index (χ0v) is 9.76. The standard InChI is InChI=1S/C12H18N2O3/c1-2-5-13-7-11(15)14-8-3-4-10(14)9(6-8)12(16)17/h2,8-10,13H,1,3-7H2,(H,16,17). The van der Waals surface area contributed by atoms with Crippen molar-refractivity contribution in [3.8, 4) is 0 Å². The second kappa shape index (κ2) is 4.87. The van der Waals surface area contributed by atoms with Gasteiger partial charge in [-0.2, -0.15) is 0 Å². The van der Waals surface area contributed by atoms with Gasteiger partial charge in [-0.05, 0) is 19.3 Å². The fraction of sp³-hybridized carbons (Fsp3) is 0.667. The van der Waals surface area contributed by atoms with Gasteiger partial charge in [0.1, 0.15) is 0 Å². The van der Waals surface area contributed by atoms with Crippen molar-refractivity contribution in [1.82, 2.24) is 10.2 Å². The Kier molecular flexibility index (Phi) is 3.47. The molecule has 3 unspecified atom stereocenters. The summed E-state index contributed by atoms with van der Waals surface area (Å²) >= 11 is 0. The summed E-state index contributed by atoms with van der Waals surface area (Å²) in [4.78, 5) is 24.8. The van der Waals surface area contributed by atoms with Crippen molar-refractivity contribution in [2.24, 2.45) is 5.92 Å². The Morgan fingerprint density at radius 3 is 2.82 bits per heavy atom. The molecule has 2 rings (SSSR count). The molecule has 2 aliphatic heterocycles. The van der Waals surface area contributed by atoms with Crippen LogP contribution in [0.5, 0.6) is 0 Å². The molecule has 0 saturated carbocycles. The first-order chi connectivity index (χ1) is 8.15. The largest absolute Gasteiger partial charge is 0.481 e. The van der Waals surface area contributed by atoms with Gasteiger partial charge >= 0.3 is 5.97 Å². The Morgan fingerprint density at radius 1 is 1.47 bits per heavy atom. The van der Waals surface area contributed by atoms with Crippen molar-refractivity contribution in [2.75, 3.05) is 13.1 Å².